The van der Waals surface area contributed by atoms with Gasteiger partial charge in [-0.3, -0.25) is 9.59 Å². The molecule has 0 radical (unpaired) electrons. The fourth-order valence-corrected chi connectivity index (χ4v) is 7.31. The van der Waals surface area contributed by atoms with Crippen LogP contribution in [0, 0.1) is 0 Å². The van der Waals surface area contributed by atoms with Gasteiger partial charge in [-0.25, -0.2) is 0 Å². The molecule has 0 aromatic heterocycles. The summed E-state index contributed by atoms with van der Waals surface area (Å²) < 4.78 is 0. The standard InChI is InChI=1S/C38H44ClN3O2/c39-33-19-15-28(16-20-33)23-34(41-38(44)36-24-30-8-3-4-9-31(30)25-40-36)22-27-13-17-29(18-14-27)35-11-6-5-10-32(35)26-42-21-7-1-2-12-37(42)43/h3-6,8-11,15-16,19-20,22,29,34,36,40H,1-2,7,12-14,17-18,21,23-26H2,(H,41,44)/t29?,34-,36-/m1/s1. The lowest BCUT2D eigenvalue weighted by Crippen LogP contribution is -2.50. The first-order chi connectivity index (χ1) is 21.5. The maximum atomic E-state index is 13.5. The number of carbonyl (C=O) groups is 2. The highest BCUT2D eigenvalue weighted by Crippen LogP contribution is 2.37. The third-order valence-electron chi connectivity index (χ3n) is 9.69. The Morgan fingerprint density at radius 3 is 2.50 bits per heavy atom. The molecule has 2 N–H and O–H groups in total. The van der Waals surface area contributed by atoms with Crippen molar-refractivity contribution < 1.29 is 9.59 Å². The minimum atomic E-state index is -0.237. The van der Waals surface area contributed by atoms with Gasteiger partial charge in [0.1, 0.15) is 0 Å². The van der Waals surface area contributed by atoms with E-state index in [4.69, 9.17) is 11.6 Å². The minimum absolute atomic E-state index is 0.0565. The first-order valence-electron chi connectivity index (χ1n) is 16.4. The van der Waals surface area contributed by atoms with Crippen molar-refractivity contribution in [3.05, 3.63) is 117 Å². The van der Waals surface area contributed by atoms with Crippen LogP contribution in [0.2, 0.25) is 5.02 Å². The normalized spacial score (nSPS) is 21.2. The van der Waals surface area contributed by atoms with Gasteiger partial charge >= 0.3 is 0 Å². The molecule has 5 nitrogen and oxygen atoms in total. The Morgan fingerprint density at radius 2 is 1.68 bits per heavy atom. The van der Waals surface area contributed by atoms with Crippen molar-refractivity contribution in [2.75, 3.05) is 6.54 Å². The Balaban J connectivity index is 1.13. The predicted molar refractivity (Wildman–Crippen MR) is 177 cm³/mol. The summed E-state index contributed by atoms with van der Waals surface area (Å²) in [6.07, 6.45) is 11.9. The zero-order valence-electron chi connectivity index (χ0n) is 25.6. The summed E-state index contributed by atoms with van der Waals surface area (Å²) >= 11 is 6.17. The first kappa shape index (κ1) is 30.6. The molecule has 2 atom stereocenters. The van der Waals surface area contributed by atoms with Crippen LogP contribution in [0.4, 0.5) is 0 Å². The number of rotatable bonds is 8. The van der Waals surface area contributed by atoms with E-state index in [1.165, 1.54) is 27.8 Å². The number of likely N-dealkylation sites (tertiary alicyclic amines) is 1. The van der Waals surface area contributed by atoms with Gasteiger partial charge in [0.2, 0.25) is 11.8 Å². The van der Waals surface area contributed by atoms with Crippen molar-refractivity contribution in [3.8, 4) is 0 Å². The highest BCUT2D eigenvalue weighted by atomic mass is 35.5. The number of amides is 2. The van der Waals surface area contributed by atoms with Crippen molar-refractivity contribution in [2.45, 2.75) is 95.3 Å². The Morgan fingerprint density at radius 1 is 0.932 bits per heavy atom. The molecule has 0 unspecified atom stereocenters. The van der Waals surface area contributed by atoms with Crippen LogP contribution in [0.1, 0.15) is 85.1 Å². The summed E-state index contributed by atoms with van der Waals surface area (Å²) in [5.41, 5.74) is 7.80. The lowest BCUT2D eigenvalue weighted by molar-refractivity contribution is -0.131. The SMILES string of the molecule is O=C(N[C@H](C=C1CCC(c2ccccc2CN2CCCCCC2=O)CC1)Cc1ccc(Cl)cc1)[C@H]1Cc2ccccc2CN1. The molecule has 1 saturated heterocycles. The Hall–Kier alpha value is -3.41. The molecule has 6 rings (SSSR count). The molecule has 2 amide bonds. The van der Waals surface area contributed by atoms with Gasteiger partial charge in [-0.2, -0.15) is 0 Å². The second kappa shape index (κ2) is 14.6. The smallest absolute Gasteiger partial charge is 0.237 e. The number of nitrogens with zero attached hydrogens (tertiary/aromatic N) is 1. The summed E-state index contributed by atoms with van der Waals surface area (Å²) in [5.74, 6) is 0.842. The molecule has 6 heteroatoms. The van der Waals surface area contributed by atoms with Crippen molar-refractivity contribution in [3.63, 3.8) is 0 Å². The average molecular weight is 610 g/mol. The molecule has 1 aliphatic carbocycles. The van der Waals surface area contributed by atoms with Gasteiger partial charge in [0.25, 0.3) is 0 Å². The molecule has 230 valence electrons. The van der Waals surface area contributed by atoms with Gasteiger partial charge in [0.15, 0.2) is 0 Å². The molecule has 0 bridgehead atoms. The monoisotopic (exact) mass is 609 g/mol. The number of hydrogen-bond donors (Lipinski definition) is 2. The van der Waals surface area contributed by atoms with E-state index in [1.807, 2.05) is 12.1 Å². The highest BCUT2D eigenvalue weighted by molar-refractivity contribution is 6.30. The minimum Gasteiger partial charge on any atom is -0.348 e. The van der Waals surface area contributed by atoms with Crippen LogP contribution in [0.15, 0.2) is 84.4 Å². The maximum Gasteiger partial charge on any atom is 0.237 e. The molecule has 3 aliphatic rings. The van der Waals surface area contributed by atoms with Crippen LogP contribution in [0.3, 0.4) is 0 Å². The molecule has 1 saturated carbocycles. The first-order valence-corrected chi connectivity index (χ1v) is 16.8. The van der Waals surface area contributed by atoms with E-state index in [2.05, 4.69) is 82.3 Å². The molecular weight excluding hydrogens is 566 g/mol. The van der Waals surface area contributed by atoms with Gasteiger partial charge in [-0.1, -0.05) is 90.3 Å². The quantitative estimate of drug-likeness (QED) is 0.264. The largest absolute Gasteiger partial charge is 0.348 e. The second-order valence-corrected chi connectivity index (χ2v) is 13.2. The second-order valence-electron chi connectivity index (χ2n) is 12.8. The van der Waals surface area contributed by atoms with Gasteiger partial charge in [-0.15, -0.1) is 0 Å². The average Bonchev–Trinajstić information content (AvgIpc) is 3.26. The fourth-order valence-electron chi connectivity index (χ4n) is 7.19. The molecule has 2 heterocycles. The Bertz CT molecular complexity index is 1470. The van der Waals surface area contributed by atoms with E-state index in [-0.39, 0.29) is 18.0 Å². The third-order valence-corrected chi connectivity index (χ3v) is 9.94. The van der Waals surface area contributed by atoms with Crippen molar-refractivity contribution in [1.82, 2.24) is 15.5 Å². The van der Waals surface area contributed by atoms with Crippen LogP contribution in [-0.2, 0) is 35.5 Å². The highest BCUT2D eigenvalue weighted by Gasteiger charge is 2.27. The molecule has 3 aromatic rings. The van der Waals surface area contributed by atoms with Crippen molar-refractivity contribution >= 4 is 23.4 Å². The zero-order chi connectivity index (χ0) is 30.3. The van der Waals surface area contributed by atoms with Gasteiger partial charge in [0.05, 0.1) is 12.1 Å². The molecule has 2 aliphatic heterocycles. The van der Waals surface area contributed by atoms with Crippen LogP contribution >= 0.6 is 11.6 Å². The maximum absolute atomic E-state index is 13.5. The summed E-state index contributed by atoms with van der Waals surface area (Å²) in [4.78, 5) is 28.3. The van der Waals surface area contributed by atoms with Gasteiger partial charge in [0, 0.05) is 31.1 Å². The molecular formula is C38H44ClN3O2. The van der Waals surface area contributed by atoms with Crippen LogP contribution < -0.4 is 10.6 Å². The van der Waals surface area contributed by atoms with E-state index >= 15 is 0 Å². The molecule has 44 heavy (non-hydrogen) atoms. The lowest BCUT2D eigenvalue weighted by Gasteiger charge is -2.30. The van der Waals surface area contributed by atoms with Crippen molar-refractivity contribution in [1.29, 1.82) is 0 Å². The number of nitrogens with one attached hydrogen (secondary N) is 2. The van der Waals surface area contributed by atoms with Crippen LogP contribution in [0.5, 0.6) is 0 Å². The van der Waals surface area contributed by atoms with Gasteiger partial charge in [-0.05, 0) is 97.2 Å². The van der Waals surface area contributed by atoms with E-state index in [0.717, 1.165) is 75.0 Å². The summed E-state index contributed by atoms with van der Waals surface area (Å²) in [6.45, 7) is 2.31. The lowest BCUT2D eigenvalue weighted by atomic mass is 9.79. The zero-order valence-corrected chi connectivity index (χ0v) is 26.3. The summed E-state index contributed by atoms with van der Waals surface area (Å²) in [7, 11) is 0. The van der Waals surface area contributed by atoms with Crippen LogP contribution in [-0.4, -0.2) is 35.3 Å². The van der Waals surface area contributed by atoms with E-state index in [1.54, 1.807) is 0 Å². The summed E-state index contributed by atoms with van der Waals surface area (Å²) in [6, 6.07) is 24.7. The van der Waals surface area contributed by atoms with Crippen LogP contribution in [0.25, 0.3) is 0 Å². The number of carbonyl (C=O) groups excluding carboxylic acids is 2. The van der Waals surface area contributed by atoms with E-state index < -0.39 is 0 Å². The van der Waals surface area contributed by atoms with Gasteiger partial charge < -0.3 is 15.5 Å². The fraction of sp³-hybridized carbons (Fsp3) is 0.421. The number of allylic oxidation sites excluding steroid dienone is 1. The Kier molecular flexibility index (Phi) is 10.1. The molecule has 2 fully saturated rings. The van der Waals surface area contributed by atoms with E-state index in [0.29, 0.717) is 31.2 Å². The predicted octanol–water partition coefficient (Wildman–Crippen LogP) is 7.27. The topological polar surface area (TPSA) is 61.4 Å². The third kappa shape index (κ3) is 7.80. The number of halogens is 1. The summed E-state index contributed by atoms with van der Waals surface area (Å²) in [5, 5.41) is 7.55. The number of hydrogen-bond acceptors (Lipinski definition) is 3. The number of benzene rings is 3. The molecule has 3 aromatic carbocycles. The molecule has 0 spiro atoms. The van der Waals surface area contributed by atoms with E-state index in [9.17, 15) is 9.59 Å². The van der Waals surface area contributed by atoms with Crippen molar-refractivity contribution in [2.24, 2.45) is 0 Å². The Labute approximate surface area is 267 Å². The number of fused-ring (bicyclic) bond motifs is 1.